The zero-order valence-corrected chi connectivity index (χ0v) is 4.86. The molecular formula is C6H11N. The molecule has 0 bridgehead atoms. The fourth-order valence-electron chi connectivity index (χ4n) is 0.365. The van der Waals surface area contributed by atoms with Crippen LogP contribution in [0.4, 0.5) is 0 Å². The number of hydrogen-bond donors (Lipinski definition) is 1. The molecule has 0 aromatic carbocycles. The van der Waals surface area contributed by atoms with Crippen LogP contribution in [-0.4, -0.2) is 13.6 Å². The van der Waals surface area contributed by atoms with E-state index in [1.165, 1.54) is 0 Å². The Morgan fingerprint density at radius 3 is 2.57 bits per heavy atom. The molecule has 0 amide bonds. The van der Waals surface area contributed by atoms with E-state index in [0.29, 0.717) is 5.92 Å². The summed E-state index contributed by atoms with van der Waals surface area (Å²) in [5.74, 6) is 2.97. The molecule has 0 spiro atoms. The van der Waals surface area contributed by atoms with Gasteiger partial charge in [0.2, 0.25) is 0 Å². The van der Waals surface area contributed by atoms with Gasteiger partial charge < -0.3 is 5.32 Å². The van der Waals surface area contributed by atoms with Crippen molar-refractivity contribution in [1.29, 1.82) is 0 Å². The van der Waals surface area contributed by atoms with Crippen molar-refractivity contribution < 1.29 is 0 Å². The zero-order chi connectivity index (χ0) is 5.70. The lowest BCUT2D eigenvalue weighted by molar-refractivity contribution is 0.668. The van der Waals surface area contributed by atoms with E-state index < -0.39 is 0 Å². The van der Waals surface area contributed by atoms with Crippen LogP contribution in [0.5, 0.6) is 0 Å². The monoisotopic (exact) mass is 97.1 g/mol. The van der Waals surface area contributed by atoms with Gasteiger partial charge in [-0.1, -0.05) is 6.92 Å². The van der Waals surface area contributed by atoms with E-state index >= 15 is 0 Å². The van der Waals surface area contributed by atoms with Crippen molar-refractivity contribution >= 4 is 0 Å². The van der Waals surface area contributed by atoms with Crippen LogP contribution >= 0.6 is 0 Å². The lowest BCUT2D eigenvalue weighted by Gasteiger charge is -1.98. The largest absolute Gasteiger partial charge is 0.319 e. The molecule has 0 rings (SSSR count). The van der Waals surface area contributed by atoms with Crippen molar-refractivity contribution in [2.75, 3.05) is 13.6 Å². The van der Waals surface area contributed by atoms with E-state index in [2.05, 4.69) is 11.2 Å². The third-order valence-electron chi connectivity index (χ3n) is 0.795. The van der Waals surface area contributed by atoms with Gasteiger partial charge >= 0.3 is 0 Å². The summed E-state index contributed by atoms with van der Waals surface area (Å²) in [6.45, 7) is 2.92. The highest BCUT2D eigenvalue weighted by Crippen LogP contribution is 1.84. The topological polar surface area (TPSA) is 12.0 Å². The summed E-state index contributed by atoms with van der Waals surface area (Å²) in [5.41, 5.74) is 0. The lowest BCUT2D eigenvalue weighted by atomic mass is 10.2. The normalized spacial score (nSPS) is 12.7. The van der Waals surface area contributed by atoms with E-state index in [1.54, 1.807) is 0 Å². The zero-order valence-electron chi connectivity index (χ0n) is 4.86. The average molecular weight is 97.2 g/mol. The van der Waals surface area contributed by atoms with Crippen molar-refractivity contribution in [2.45, 2.75) is 6.92 Å². The van der Waals surface area contributed by atoms with E-state index in [1.807, 2.05) is 14.0 Å². The predicted octanol–water partition coefficient (Wildman–Crippen LogP) is 0.475. The molecule has 0 aliphatic carbocycles. The first-order valence-electron chi connectivity index (χ1n) is 2.42. The molecule has 0 saturated carbocycles. The molecule has 1 nitrogen and oxygen atoms in total. The highest BCUT2D eigenvalue weighted by atomic mass is 14.8. The third kappa shape index (κ3) is 3.35. The molecule has 0 aromatic rings. The quantitative estimate of drug-likeness (QED) is 0.494. The third-order valence-corrected chi connectivity index (χ3v) is 0.795. The van der Waals surface area contributed by atoms with E-state index in [4.69, 9.17) is 6.42 Å². The summed E-state index contributed by atoms with van der Waals surface area (Å²) in [7, 11) is 1.90. The Hall–Kier alpha value is -0.480. The van der Waals surface area contributed by atoms with E-state index in [0.717, 1.165) is 6.54 Å². The average Bonchev–Trinajstić information content (AvgIpc) is 1.68. The minimum Gasteiger partial charge on any atom is -0.319 e. The van der Waals surface area contributed by atoms with Crippen molar-refractivity contribution in [3.05, 3.63) is 0 Å². The molecule has 0 aromatic heterocycles. The minimum absolute atomic E-state index is 0.366. The predicted molar refractivity (Wildman–Crippen MR) is 31.9 cm³/mol. The van der Waals surface area contributed by atoms with Crippen LogP contribution in [0, 0.1) is 18.3 Å². The van der Waals surface area contributed by atoms with Crippen LogP contribution < -0.4 is 5.32 Å². The van der Waals surface area contributed by atoms with Crippen LogP contribution in [0.2, 0.25) is 0 Å². The van der Waals surface area contributed by atoms with Crippen LogP contribution in [0.15, 0.2) is 0 Å². The molecule has 1 heteroatoms. The van der Waals surface area contributed by atoms with Gasteiger partial charge in [-0.25, -0.2) is 0 Å². The first-order valence-corrected chi connectivity index (χ1v) is 2.42. The maximum atomic E-state index is 5.07. The second kappa shape index (κ2) is 3.70. The van der Waals surface area contributed by atoms with Gasteiger partial charge in [-0.3, -0.25) is 0 Å². The SMILES string of the molecule is C#CC(C)CNC. The molecule has 0 fully saturated rings. The molecule has 0 saturated heterocycles. The van der Waals surface area contributed by atoms with Crippen LogP contribution in [0.25, 0.3) is 0 Å². The first-order chi connectivity index (χ1) is 3.31. The van der Waals surface area contributed by atoms with Crippen molar-refractivity contribution in [3.8, 4) is 12.3 Å². The molecule has 40 valence electrons. The fraction of sp³-hybridized carbons (Fsp3) is 0.667. The summed E-state index contributed by atoms with van der Waals surface area (Å²) >= 11 is 0. The number of terminal acetylenes is 1. The molecule has 1 unspecified atom stereocenters. The number of nitrogens with one attached hydrogen (secondary N) is 1. The molecule has 0 aliphatic rings. The van der Waals surface area contributed by atoms with Gasteiger partial charge in [0.1, 0.15) is 0 Å². The summed E-state index contributed by atoms with van der Waals surface area (Å²) in [5, 5.41) is 2.98. The second-order valence-electron chi connectivity index (χ2n) is 1.63. The minimum atomic E-state index is 0.366. The van der Waals surface area contributed by atoms with Gasteiger partial charge in [0, 0.05) is 12.5 Å². The van der Waals surface area contributed by atoms with Gasteiger partial charge in [-0.05, 0) is 7.05 Å². The van der Waals surface area contributed by atoms with Gasteiger partial charge in [0.25, 0.3) is 0 Å². The Labute approximate surface area is 45.1 Å². The number of hydrogen-bond acceptors (Lipinski definition) is 1. The Balaban J connectivity index is 3.04. The highest BCUT2D eigenvalue weighted by molar-refractivity contribution is 4.90. The first kappa shape index (κ1) is 6.52. The van der Waals surface area contributed by atoms with Gasteiger partial charge in [-0.15, -0.1) is 12.3 Å². The van der Waals surface area contributed by atoms with Crippen LogP contribution in [-0.2, 0) is 0 Å². The van der Waals surface area contributed by atoms with Gasteiger partial charge in [-0.2, -0.15) is 0 Å². The van der Waals surface area contributed by atoms with Crippen molar-refractivity contribution in [1.82, 2.24) is 5.32 Å². The standard InChI is InChI=1S/C6H11N/c1-4-6(2)5-7-3/h1,6-7H,5H2,2-3H3. The Kier molecular flexibility index (Phi) is 3.45. The van der Waals surface area contributed by atoms with Crippen LogP contribution in [0.3, 0.4) is 0 Å². The molecule has 7 heavy (non-hydrogen) atoms. The fourth-order valence-corrected chi connectivity index (χ4v) is 0.365. The molecule has 0 aliphatic heterocycles. The number of rotatable bonds is 2. The van der Waals surface area contributed by atoms with Crippen molar-refractivity contribution in [3.63, 3.8) is 0 Å². The molecule has 1 N–H and O–H groups in total. The maximum absolute atomic E-state index is 5.07. The molecule has 1 atom stereocenters. The smallest absolute Gasteiger partial charge is 0.0296 e. The molecular weight excluding hydrogens is 86.1 g/mol. The van der Waals surface area contributed by atoms with Crippen molar-refractivity contribution in [2.24, 2.45) is 5.92 Å². The second-order valence-corrected chi connectivity index (χ2v) is 1.63. The summed E-state index contributed by atoms with van der Waals surface area (Å²) in [4.78, 5) is 0. The van der Waals surface area contributed by atoms with E-state index in [-0.39, 0.29) is 0 Å². The maximum Gasteiger partial charge on any atom is 0.0296 e. The molecule has 0 heterocycles. The highest BCUT2D eigenvalue weighted by Gasteiger charge is 1.88. The summed E-state index contributed by atoms with van der Waals surface area (Å²) < 4.78 is 0. The Bertz CT molecular complexity index is 70.7. The summed E-state index contributed by atoms with van der Waals surface area (Å²) in [6.07, 6.45) is 5.07. The van der Waals surface area contributed by atoms with Gasteiger partial charge in [0.15, 0.2) is 0 Å². The molecule has 0 radical (unpaired) electrons. The van der Waals surface area contributed by atoms with Crippen LogP contribution in [0.1, 0.15) is 6.92 Å². The lowest BCUT2D eigenvalue weighted by Crippen LogP contribution is -2.14. The van der Waals surface area contributed by atoms with E-state index in [9.17, 15) is 0 Å². The summed E-state index contributed by atoms with van der Waals surface area (Å²) in [6, 6.07) is 0. The Morgan fingerprint density at radius 2 is 2.43 bits per heavy atom. The van der Waals surface area contributed by atoms with Gasteiger partial charge in [0.05, 0.1) is 0 Å². The Morgan fingerprint density at radius 1 is 1.86 bits per heavy atom.